The Morgan fingerprint density at radius 2 is 1.09 bits per heavy atom. The van der Waals surface area contributed by atoms with E-state index in [1.807, 2.05) is 22.7 Å². The summed E-state index contributed by atoms with van der Waals surface area (Å²) in [6.07, 6.45) is 0. The van der Waals surface area contributed by atoms with Gasteiger partial charge in [0.25, 0.3) is 0 Å². The van der Waals surface area contributed by atoms with Gasteiger partial charge < -0.3 is 0 Å². The normalized spacial score (nSPS) is 12.6. The highest BCUT2D eigenvalue weighted by Gasteiger charge is 2.17. The molecular weight excluding hydrogens is 464 g/mol. The van der Waals surface area contributed by atoms with Crippen LogP contribution in [0.1, 0.15) is 0 Å². The van der Waals surface area contributed by atoms with Gasteiger partial charge in [-0.25, -0.2) is 4.98 Å². The molecule has 0 aliphatic heterocycles. The first-order valence-corrected chi connectivity index (χ1v) is 13.4. The van der Waals surface area contributed by atoms with E-state index < -0.39 is 0 Å². The fourth-order valence-electron chi connectivity index (χ4n) is 5.79. The lowest BCUT2D eigenvalue weighted by Gasteiger charge is -2.10. The van der Waals surface area contributed by atoms with Crippen molar-refractivity contribution in [3.63, 3.8) is 0 Å². The Morgan fingerprint density at radius 1 is 0.457 bits per heavy atom. The standard InChI is InChI=1S/C31H16N2S2/c1-5-11-27-17(7-1)21-13-19-20-14-22-18-8-2-6-12-28(18)35-30(22)16-26(20)33-25-10-4-3-9-24(25)32-31(33)23(19)15-29(21)34-27/h1-16H. The van der Waals surface area contributed by atoms with E-state index in [0.29, 0.717) is 0 Å². The fraction of sp³-hybridized carbons (Fsp3) is 0. The van der Waals surface area contributed by atoms with Crippen molar-refractivity contribution in [2.45, 2.75) is 0 Å². The molecule has 0 aliphatic carbocycles. The van der Waals surface area contributed by atoms with Gasteiger partial charge in [-0.05, 0) is 53.9 Å². The second kappa shape index (κ2) is 6.36. The van der Waals surface area contributed by atoms with E-state index in [2.05, 4.69) is 101 Å². The average Bonchev–Trinajstić information content (AvgIpc) is 3.57. The highest BCUT2D eigenvalue weighted by molar-refractivity contribution is 7.26. The van der Waals surface area contributed by atoms with Gasteiger partial charge in [-0.15, -0.1) is 22.7 Å². The van der Waals surface area contributed by atoms with Gasteiger partial charge in [-0.2, -0.15) is 0 Å². The molecule has 2 nitrogen and oxygen atoms in total. The van der Waals surface area contributed by atoms with E-state index in [-0.39, 0.29) is 0 Å². The van der Waals surface area contributed by atoms with Crippen molar-refractivity contribution in [1.82, 2.24) is 9.38 Å². The largest absolute Gasteiger partial charge is 0.292 e. The summed E-state index contributed by atoms with van der Waals surface area (Å²) in [7, 11) is 0. The van der Waals surface area contributed by atoms with Gasteiger partial charge in [0.1, 0.15) is 5.65 Å². The number of rotatable bonds is 0. The average molecular weight is 481 g/mol. The fourth-order valence-corrected chi connectivity index (χ4v) is 8.04. The third kappa shape index (κ3) is 2.31. The molecule has 0 radical (unpaired) electrons. The molecule has 9 rings (SSSR count). The van der Waals surface area contributed by atoms with Crippen molar-refractivity contribution in [1.29, 1.82) is 0 Å². The molecule has 0 bridgehead atoms. The molecular formula is C31H16N2S2. The predicted molar refractivity (Wildman–Crippen MR) is 153 cm³/mol. The van der Waals surface area contributed by atoms with Crippen LogP contribution in [0.15, 0.2) is 97.1 Å². The summed E-state index contributed by atoms with van der Waals surface area (Å²) < 4.78 is 7.67. The molecule has 5 aromatic carbocycles. The number of fused-ring (bicyclic) bond motifs is 14. The molecule has 0 atom stereocenters. The molecule has 4 aromatic heterocycles. The summed E-state index contributed by atoms with van der Waals surface area (Å²) >= 11 is 3.74. The van der Waals surface area contributed by atoms with Gasteiger partial charge in [0.2, 0.25) is 0 Å². The van der Waals surface area contributed by atoms with Crippen molar-refractivity contribution in [2.75, 3.05) is 0 Å². The minimum Gasteiger partial charge on any atom is -0.292 e. The van der Waals surface area contributed by atoms with E-state index in [4.69, 9.17) is 4.98 Å². The second-order valence-electron chi connectivity index (χ2n) is 9.22. The molecule has 9 aromatic rings. The number of para-hydroxylation sites is 2. The van der Waals surface area contributed by atoms with Crippen LogP contribution in [0.25, 0.3) is 78.7 Å². The molecule has 0 N–H and O–H groups in total. The van der Waals surface area contributed by atoms with Gasteiger partial charge in [-0.3, -0.25) is 4.40 Å². The summed E-state index contributed by atoms with van der Waals surface area (Å²) in [5.41, 5.74) is 4.45. The van der Waals surface area contributed by atoms with E-state index in [0.717, 1.165) is 16.7 Å². The van der Waals surface area contributed by atoms with Crippen LogP contribution in [0.3, 0.4) is 0 Å². The van der Waals surface area contributed by atoms with Gasteiger partial charge >= 0.3 is 0 Å². The summed E-state index contributed by atoms with van der Waals surface area (Å²) in [6.45, 7) is 0. The van der Waals surface area contributed by atoms with Crippen molar-refractivity contribution in [3.05, 3.63) is 97.1 Å². The molecule has 0 amide bonds. The highest BCUT2D eigenvalue weighted by Crippen LogP contribution is 2.43. The highest BCUT2D eigenvalue weighted by atomic mass is 32.1. The molecule has 0 fully saturated rings. The summed E-state index contributed by atoms with van der Waals surface area (Å²) in [5, 5.41) is 9.10. The van der Waals surface area contributed by atoms with Crippen LogP contribution in [0, 0.1) is 0 Å². The molecule has 162 valence electrons. The number of aromatic nitrogens is 2. The molecule has 0 unspecified atom stereocenters. The van der Waals surface area contributed by atoms with Crippen molar-refractivity contribution >= 4 is 101 Å². The summed E-state index contributed by atoms with van der Waals surface area (Å²) in [6, 6.07) is 35.6. The smallest absolute Gasteiger partial charge is 0.146 e. The van der Waals surface area contributed by atoms with Crippen LogP contribution in [-0.4, -0.2) is 9.38 Å². The number of hydrogen-bond donors (Lipinski definition) is 0. The topological polar surface area (TPSA) is 17.3 Å². The number of benzene rings is 5. The van der Waals surface area contributed by atoms with Crippen molar-refractivity contribution < 1.29 is 0 Å². The minimum absolute atomic E-state index is 1.04. The zero-order valence-corrected chi connectivity index (χ0v) is 20.1. The predicted octanol–water partition coefficient (Wildman–Crippen LogP) is 9.53. The van der Waals surface area contributed by atoms with E-state index in [1.165, 1.54) is 62.0 Å². The van der Waals surface area contributed by atoms with Crippen LogP contribution in [0.2, 0.25) is 0 Å². The first kappa shape index (κ1) is 18.4. The van der Waals surface area contributed by atoms with Crippen LogP contribution in [0.4, 0.5) is 0 Å². The Morgan fingerprint density at radius 3 is 1.86 bits per heavy atom. The maximum absolute atomic E-state index is 5.15. The third-order valence-corrected chi connectivity index (χ3v) is 9.61. The monoisotopic (exact) mass is 480 g/mol. The number of nitrogens with zero attached hydrogens (tertiary/aromatic N) is 2. The number of thiophene rings is 2. The van der Waals surface area contributed by atoms with Crippen LogP contribution >= 0.6 is 22.7 Å². The van der Waals surface area contributed by atoms with Crippen LogP contribution in [0.5, 0.6) is 0 Å². The molecule has 0 saturated heterocycles. The summed E-state index contributed by atoms with van der Waals surface area (Å²) in [5.74, 6) is 0. The molecule has 35 heavy (non-hydrogen) atoms. The van der Waals surface area contributed by atoms with E-state index in [1.54, 1.807) is 0 Å². The molecule has 4 heterocycles. The lowest BCUT2D eigenvalue weighted by molar-refractivity contribution is 1.32. The Kier molecular flexibility index (Phi) is 3.34. The molecule has 0 aliphatic rings. The Labute approximate surface area is 207 Å². The van der Waals surface area contributed by atoms with Crippen molar-refractivity contribution in [3.8, 4) is 0 Å². The van der Waals surface area contributed by atoms with Crippen LogP contribution < -0.4 is 0 Å². The van der Waals surface area contributed by atoms with E-state index in [9.17, 15) is 0 Å². The molecule has 0 spiro atoms. The van der Waals surface area contributed by atoms with Gasteiger partial charge in [0.05, 0.1) is 16.6 Å². The molecule has 0 saturated carbocycles. The SMILES string of the molecule is c1ccc2c(c1)nc1c3cc4sc5ccccc5c4cc3c3cc4c(cc3n21)sc1ccccc14. The van der Waals surface area contributed by atoms with E-state index >= 15 is 0 Å². The first-order valence-electron chi connectivity index (χ1n) is 11.7. The quantitative estimate of drug-likeness (QED) is 0.198. The van der Waals surface area contributed by atoms with Gasteiger partial charge in [0, 0.05) is 51.1 Å². The number of pyridine rings is 1. The zero-order valence-electron chi connectivity index (χ0n) is 18.4. The van der Waals surface area contributed by atoms with Crippen molar-refractivity contribution in [2.24, 2.45) is 0 Å². The number of hydrogen-bond acceptors (Lipinski definition) is 3. The minimum atomic E-state index is 1.04. The third-order valence-electron chi connectivity index (χ3n) is 7.34. The maximum atomic E-state index is 5.15. The maximum Gasteiger partial charge on any atom is 0.146 e. The molecule has 4 heteroatoms. The first-order chi connectivity index (χ1) is 17.3. The zero-order chi connectivity index (χ0) is 22.7. The Hall–Kier alpha value is -3.99. The second-order valence-corrected chi connectivity index (χ2v) is 11.4. The number of imidazole rings is 1. The summed E-state index contributed by atoms with van der Waals surface area (Å²) in [4.78, 5) is 5.15. The van der Waals surface area contributed by atoms with Crippen LogP contribution in [-0.2, 0) is 0 Å². The lowest BCUT2D eigenvalue weighted by atomic mass is 10.0. The Bertz CT molecular complexity index is 2330. The lowest BCUT2D eigenvalue weighted by Crippen LogP contribution is -1.91. The Balaban J connectivity index is 1.61. The van der Waals surface area contributed by atoms with Gasteiger partial charge in [-0.1, -0.05) is 48.5 Å². The van der Waals surface area contributed by atoms with Gasteiger partial charge in [0.15, 0.2) is 0 Å².